The average molecular weight is 375 g/mol. The molecule has 0 radical (unpaired) electrons. The lowest BCUT2D eigenvalue weighted by molar-refractivity contribution is -0.385. The lowest BCUT2D eigenvalue weighted by Crippen LogP contribution is -2.10. The van der Waals surface area contributed by atoms with Gasteiger partial charge in [0.25, 0.3) is 0 Å². The molecule has 1 aliphatic carbocycles. The van der Waals surface area contributed by atoms with Crippen LogP contribution >= 0.6 is 12.2 Å². The Morgan fingerprint density at radius 2 is 2.23 bits per heavy atom. The van der Waals surface area contributed by atoms with Crippen molar-refractivity contribution in [1.82, 2.24) is 14.9 Å². The van der Waals surface area contributed by atoms with Crippen LogP contribution in [0.3, 0.4) is 0 Å². The highest BCUT2D eigenvalue weighted by Crippen LogP contribution is 2.31. The Balaban J connectivity index is 1.88. The second kappa shape index (κ2) is 8.22. The van der Waals surface area contributed by atoms with Crippen molar-refractivity contribution in [3.63, 3.8) is 0 Å². The van der Waals surface area contributed by atoms with Crippen LogP contribution in [0.1, 0.15) is 56.3 Å². The molecule has 1 aromatic carbocycles. The Hall–Kier alpha value is -2.55. The summed E-state index contributed by atoms with van der Waals surface area (Å²) in [7, 11) is 0. The van der Waals surface area contributed by atoms with Crippen molar-refractivity contribution in [3.8, 4) is 5.75 Å². The van der Waals surface area contributed by atoms with Gasteiger partial charge in [0, 0.05) is 17.5 Å². The summed E-state index contributed by atoms with van der Waals surface area (Å²) < 4.78 is 7.34. The molecule has 1 aromatic heterocycles. The Labute approximate surface area is 156 Å². The minimum absolute atomic E-state index is 0.0842. The molecule has 1 saturated carbocycles. The van der Waals surface area contributed by atoms with Gasteiger partial charge in [-0.05, 0) is 44.1 Å². The molecule has 1 fully saturated rings. The number of rotatable bonds is 6. The molecule has 0 aliphatic heterocycles. The zero-order valence-corrected chi connectivity index (χ0v) is 15.4. The minimum Gasteiger partial charge on any atom is -0.487 e. The summed E-state index contributed by atoms with van der Waals surface area (Å²) in [5.74, 6) is 1.41. The van der Waals surface area contributed by atoms with Crippen LogP contribution < -0.4 is 4.74 Å². The van der Waals surface area contributed by atoms with Gasteiger partial charge in [-0.25, -0.2) is 0 Å². The molecular formula is C17H21N5O3S. The zero-order chi connectivity index (χ0) is 18.5. The summed E-state index contributed by atoms with van der Waals surface area (Å²) in [6.45, 7) is 2.15. The highest BCUT2D eigenvalue weighted by molar-refractivity contribution is 7.71. The third-order valence-electron chi connectivity index (χ3n) is 4.45. The van der Waals surface area contributed by atoms with Crippen molar-refractivity contribution in [2.45, 2.75) is 44.9 Å². The van der Waals surface area contributed by atoms with E-state index in [0.29, 0.717) is 22.9 Å². The van der Waals surface area contributed by atoms with Crippen molar-refractivity contribution < 1.29 is 9.66 Å². The standard InChI is InChI=1S/C17H21N5O3S/c1-2-25-15-9-8-12(10-14(15)22(23)24)11-18-21-16(19-20-17(21)26)13-6-4-3-5-7-13/h8-11,13H,2-7H2,1H3,(H,20,26)/b18-11-. The lowest BCUT2D eigenvalue weighted by Gasteiger charge is -2.19. The van der Waals surface area contributed by atoms with Crippen LogP contribution in [0.15, 0.2) is 23.3 Å². The number of hydrogen-bond donors (Lipinski definition) is 1. The van der Waals surface area contributed by atoms with E-state index in [1.54, 1.807) is 29.9 Å². The molecule has 0 unspecified atom stereocenters. The van der Waals surface area contributed by atoms with Crippen molar-refractivity contribution in [3.05, 3.63) is 44.5 Å². The van der Waals surface area contributed by atoms with Gasteiger partial charge in [-0.15, -0.1) is 0 Å². The summed E-state index contributed by atoms with van der Waals surface area (Å²) in [6.07, 6.45) is 7.31. The number of hydrogen-bond acceptors (Lipinski definition) is 6. The van der Waals surface area contributed by atoms with E-state index in [9.17, 15) is 10.1 Å². The van der Waals surface area contributed by atoms with E-state index in [1.165, 1.54) is 25.3 Å². The normalized spacial score (nSPS) is 15.4. The van der Waals surface area contributed by atoms with Crippen molar-refractivity contribution in [1.29, 1.82) is 0 Å². The predicted octanol–water partition coefficient (Wildman–Crippen LogP) is 4.18. The summed E-state index contributed by atoms with van der Waals surface area (Å²) >= 11 is 5.28. The molecule has 138 valence electrons. The van der Waals surface area contributed by atoms with Gasteiger partial charge in [-0.1, -0.05) is 19.3 Å². The van der Waals surface area contributed by atoms with Gasteiger partial charge in [-0.2, -0.15) is 14.9 Å². The molecular weight excluding hydrogens is 354 g/mol. The summed E-state index contributed by atoms with van der Waals surface area (Å²) in [6, 6.07) is 4.75. The zero-order valence-electron chi connectivity index (χ0n) is 14.6. The number of aromatic nitrogens is 3. The van der Waals surface area contributed by atoms with Crippen LogP contribution in [0.4, 0.5) is 5.69 Å². The molecule has 2 aromatic rings. The lowest BCUT2D eigenvalue weighted by atomic mass is 9.89. The molecule has 1 N–H and O–H groups in total. The number of nitrogens with zero attached hydrogens (tertiary/aromatic N) is 4. The fourth-order valence-electron chi connectivity index (χ4n) is 3.20. The predicted molar refractivity (Wildman–Crippen MR) is 100 cm³/mol. The Bertz CT molecular complexity index is 868. The van der Waals surface area contributed by atoms with Crippen LogP contribution in [0.25, 0.3) is 0 Å². The van der Waals surface area contributed by atoms with Crippen LogP contribution in [-0.4, -0.2) is 32.6 Å². The first kappa shape index (κ1) is 18.2. The third kappa shape index (κ3) is 3.98. The molecule has 0 spiro atoms. The van der Waals surface area contributed by atoms with E-state index in [2.05, 4.69) is 15.3 Å². The first-order chi connectivity index (χ1) is 12.6. The topological polar surface area (TPSA) is 98.3 Å². The Kier molecular flexibility index (Phi) is 5.77. The summed E-state index contributed by atoms with van der Waals surface area (Å²) in [5.41, 5.74) is 0.511. The molecule has 0 atom stereocenters. The fraction of sp³-hybridized carbons (Fsp3) is 0.471. The number of nitro benzene ring substituents is 1. The number of aromatic amines is 1. The van der Waals surface area contributed by atoms with E-state index in [1.807, 2.05) is 0 Å². The van der Waals surface area contributed by atoms with E-state index >= 15 is 0 Å². The maximum atomic E-state index is 11.2. The molecule has 3 rings (SSSR count). The Morgan fingerprint density at radius 1 is 1.46 bits per heavy atom. The highest BCUT2D eigenvalue weighted by atomic mass is 32.1. The third-order valence-corrected chi connectivity index (χ3v) is 4.71. The molecule has 8 nitrogen and oxygen atoms in total. The van der Waals surface area contributed by atoms with Gasteiger partial charge >= 0.3 is 5.69 Å². The van der Waals surface area contributed by atoms with E-state index in [4.69, 9.17) is 17.0 Å². The molecule has 0 amide bonds. The number of ether oxygens (including phenoxy) is 1. The fourth-order valence-corrected chi connectivity index (χ4v) is 3.39. The number of nitro groups is 1. The largest absolute Gasteiger partial charge is 0.487 e. The summed E-state index contributed by atoms with van der Waals surface area (Å²) in [4.78, 5) is 10.8. The highest BCUT2D eigenvalue weighted by Gasteiger charge is 2.21. The Morgan fingerprint density at radius 3 is 2.92 bits per heavy atom. The average Bonchev–Trinajstić information content (AvgIpc) is 3.02. The van der Waals surface area contributed by atoms with Gasteiger partial charge < -0.3 is 4.74 Å². The van der Waals surface area contributed by atoms with Gasteiger partial charge in [0.2, 0.25) is 4.77 Å². The number of H-pyrrole nitrogens is 1. The molecule has 1 aliphatic rings. The van der Waals surface area contributed by atoms with Crippen LogP contribution in [0, 0.1) is 14.9 Å². The van der Waals surface area contributed by atoms with Crippen LogP contribution in [-0.2, 0) is 0 Å². The second-order valence-corrected chi connectivity index (χ2v) is 6.58. The minimum atomic E-state index is -0.459. The summed E-state index contributed by atoms with van der Waals surface area (Å²) in [5, 5.41) is 22.8. The number of nitrogens with one attached hydrogen (secondary N) is 1. The second-order valence-electron chi connectivity index (χ2n) is 6.20. The molecule has 1 heterocycles. The smallest absolute Gasteiger partial charge is 0.311 e. The van der Waals surface area contributed by atoms with Crippen molar-refractivity contribution >= 4 is 24.1 Å². The van der Waals surface area contributed by atoms with Gasteiger partial charge in [0.05, 0.1) is 17.7 Å². The molecule has 0 saturated heterocycles. The monoisotopic (exact) mass is 375 g/mol. The maximum absolute atomic E-state index is 11.2. The molecule has 26 heavy (non-hydrogen) atoms. The van der Waals surface area contributed by atoms with Crippen LogP contribution in [0.5, 0.6) is 5.75 Å². The van der Waals surface area contributed by atoms with Gasteiger partial charge in [-0.3, -0.25) is 15.2 Å². The molecule has 9 heteroatoms. The van der Waals surface area contributed by atoms with Crippen molar-refractivity contribution in [2.75, 3.05) is 6.61 Å². The maximum Gasteiger partial charge on any atom is 0.311 e. The van der Waals surface area contributed by atoms with Gasteiger partial charge in [0.1, 0.15) is 0 Å². The van der Waals surface area contributed by atoms with E-state index in [-0.39, 0.29) is 11.4 Å². The van der Waals surface area contributed by atoms with Crippen molar-refractivity contribution in [2.24, 2.45) is 5.10 Å². The first-order valence-electron chi connectivity index (χ1n) is 8.73. The van der Waals surface area contributed by atoms with E-state index in [0.717, 1.165) is 18.7 Å². The number of benzene rings is 1. The first-order valence-corrected chi connectivity index (χ1v) is 9.14. The van der Waals surface area contributed by atoms with E-state index < -0.39 is 4.92 Å². The van der Waals surface area contributed by atoms with Gasteiger partial charge in [0.15, 0.2) is 11.6 Å². The van der Waals surface area contributed by atoms with Crippen LogP contribution in [0.2, 0.25) is 0 Å². The molecule has 0 bridgehead atoms. The quantitative estimate of drug-likeness (QED) is 0.353. The SMILES string of the molecule is CCOc1ccc(/C=N\n2c(C3CCCCC3)n[nH]c2=S)cc1[N+](=O)[O-].